The molecule has 2 nitrogen and oxygen atoms in total. The van der Waals surface area contributed by atoms with Crippen LogP contribution in [0.2, 0.25) is 0 Å². The van der Waals surface area contributed by atoms with Crippen LogP contribution in [0.15, 0.2) is 24.3 Å². The molecule has 2 rings (SSSR count). The molecule has 0 bridgehead atoms. The number of benzene rings is 1. The number of hydrogen-bond acceptors (Lipinski definition) is 2. The molecule has 1 aromatic carbocycles. The van der Waals surface area contributed by atoms with Gasteiger partial charge < -0.3 is 5.32 Å². The summed E-state index contributed by atoms with van der Waals surface area (Å²) in [5.74, 6) is 0.816. The summed E-state index contributed by atoms with van der Waals surface area (Å²) >= 11 is 0. The summed E-state index contributed by atoms with van der Waals surface area (Å²) in [5.41, 5.74) is 2.06. The Labute approximate surface area is 97.1 Å². The zero-order chi connectivity index (χ0) is 11.4. The normalized spacial score (nSPS) is 20.7. The minimum Gasteiger partial charge on any atom is -0.316 e. The first-order chi connectivity index (χ1) is 7.75. The molecule has 0 amide bonds. The SMILES string of the molecule is Cc1ccc(C(=O)CC2CCCNC2)cc1. The van der Waals surface area contributed by atoms with E-state index in [9.17, 15) is 4.79 Å². The maximum Gasteiger partial charge on any atom is 0.163 e. The smallest absolute Gasteiger partial charge is 0.163 e. The largest absolute Gasteiger partial charge is 0.316 e. The molecule has 1 unspecified atom stereocenters. The van der Waals surface area contributed by atoms with E-state index in [4.69, 9.17) is 0 Å². The molecule has 1 N–H and O–H groups in total. The number of nitrogens with one attached hydrogen (secondary N) is 1. The number of Topliss-reactive ketones (excluding diaryl/α,β-unsaturated/α-hetero) is 1. The third-order valence-electron chi connectivity index (χ3n) is 3.25. The van der Waals surface area contributed by atoms with E-state index in [0.717, 1.165) is 18.7 Å². The van der Waals surface area contributed by atoms with Gasteiger partial charge >= 0.3 is 0 Å². The van der Waals surface area contributed by atoms with Crippen LogP contribution in [-0.2, 0) is 0 Å². The molecule has 0 spiro atoms. The van der Waals surface area contributed by atoms with Crippen LogP contribution < -0.4 is 5.32 Å². The maximum absolute atomic E-state index is 12.0. The number of hydrogen-bond donors (Lipinski definition) is 1. The average Bonchev–Trinajstić information content (AvgIpc) is 2.31. The van der Waals surface area contributed by atoms with E-state index in [1.165, 1.54) is 18.4 Å². The van der Waals surface area contributed by atoms with Crippen LogP contribution >= 0.6 is 0 Å². The number of carbonyl (C=O) groups excluding carboxylic acids is 1. The van der Waals surface area contributed by atoms with Crippen LogP contribution in [0, 0.1) is 12.8 Å². The molecule has 1 heterocycles. The Bertz CT molecular complexity index is 350. The van der Waals surface area contributed by atoms with Gasteiger partial charge in [0.2, 0.25) is 0 Å². The van der Waals surface area contributed by atoms with Crippen molar-refractivity contribution in [2.24, 2.45) is 5.92 Å². The molecule has 86 valence electrons. The third-order valence-corrected chi connectivity index (χ3v) is 3.25. The molecule has 0 aliphatic carbocycles. The number of aryl methyl sites for hydroxylation is 1. The molecule has 1 aliphatic heterocycles. The van der Waals surface area contributed by atoms with Gasteiger partial charge in [0.1, 0.15) is 0 Å². The van der Waals surface area contributed by atoms with Crippen molar-refractivity contribution in [3.63, 3.8) is 0 Å². The summed E-state index contributed by atoms with van der Waals surface area (Å²) in [5, 5.41) is 3.35. The van der Waals surface area contributed by atoms with Gasteiger partial charge in [-0.1, -0.05) is 29.8 Å². The van der Waals surface area contributed by atoms with Crippen LogP contribution in [0.1, 0.15) is 35.2 Å². The van der Waals surface area contributed by atoms with E-state index in [-0.39, 0.29) is 5.78 Å². The molecule has 2 heteroatoms. The molecular weight excluding hydrogens is 198 g/mol. The van der Waals surface area contributed by atoms with Crippen LogP contribution in [-0.4, -0.2) is 18.9 Å². The summed E-state index contributed by atoms with van der Waals surface area (Å²) in [6.45, 7) is 4.14. The quantitative estimate of drug-likeness (QED) is 0.788. The lowest BCUT2D eigenvalue weighted by molar-refractivity contribution is 0.0954. The third kappa shape index (κ3) is 2.92. The highest BCUT2D eigenvalue weighted by Crippen LogP contribution is 2.17. The Hall–Kier alpha value is -1.15. The van der Waals surface area contributed by atoms with Crippen molar-refractivity contribution in [1.82, 2.24) is 5.32 Å². The fourth-order valence-electron chi connectivity index (χ4n) is 2.22. The van der Waals surface area contributed by atoms with Crippen molar-refractivity contribution in [1.29, 1.82) is 0 Å². The molecule has 0 radical (unpaired) electrons. The summed E-state index contributed by atoms with van der Waals surface area (Å²) in [6.07, 6.45) is 3.08. The summed E-state index contributed by atoms with van der Waals surface area (Å²) in [4.78, 5) is 12.0. The monoisotopic (exact) mass is 217 g/mol. The van der Waals surface area contributed by atoms with Crippen molar-refractivity contribution >= 4 is 5.78 Å². The lowest BCUT2D eigenvalue weighted by atomic mass is 9.92. The van der Waals surface area contributed by atoms with Gasteiger partial charge in [-0.3, -0.25) is 4.79 Å². The van der Waals surface area contributed by atoms with Crippen molar-refractivity contribution < 1.29 is 4.79 Å². The summed E-state index contributed by atoms with van der Waals surface area (Å²) in [6, 6.07) is 7.89. The zero-order valence-corrected chi connectivity index (χ0v) is 9.83. The fourth-order valence-corrected chi connectivity index (χ4v) is 2.22. The highest BCUT2D eigenvalue weighted by atomic mass is 16.1. The number of ketones is 1. The minimum absolute atomic E-state index is 0.286. The Morgan fingerprint density at radius 1 is 1.38 bits per heavy atom. The Balaban J connectivity index is 1.94. The van der Waals surface area contributed by atoms with E-state index in [2.05, 4.69) is 5.32 Å². The van der Waals surface area contributed by atoms with Gasteiger partial charge in [-0.25, -0.2) is 0 Å². The summed E-state index contributed by atoms with van der Waals surface area (Å²) < 4.78 is 0. The van der Waals surface area contributed by atoms with Gasteiger partial charge in [0, 0.05) is 12.0 Å². The van der Waals surface area contributed by atoms with Crippen LogP contribution in [0.3, 0.4) is 0 Å². The average molecular weight is 217 g/mol. The van der Waals surface area contributed by atoms with E-state index in [0.29, 0.717) is 12.3 Å². The number of carbonyl (C=O) groups is 1. The topological polar surface area (TPSA) is 29.1 Å². The molecule has 1 fully saturated rings. The molecule has 1 atom stereocenters. The van der Waals surface area contributed by atoms with E-state index < -0.39 is 0 Å². The van der Waals surface area contributed by atoms with Gasteiger partial charge in [0.25, 0.3) is 0 Å². The van der Waals surface area contributed by atoms with Crippen molar-refractivity contribution in [3.05, 3.63) is 35.4 Å². The second-order valence-corrected chi connectivity index (χ2v) is 4.71. The predicted octanol–water partition coefficient (Wildman–Crippen LogP) is 2.57. The zero-order valence-electron chi connectivity index (χ0n) is 9.83. The van der Waals surface area contributed by atoms with Gasteiger partial charge in [0.15, 0.2) is 5.78 Å². The van der Waals surface area contributed by atoms with Crippen molar-refractivity contribution in [2.45, 2.75) is 26.2 Å². The fraction of sp³-hybridized carbons (Fsp3) is 0.500. The van der Waals surface area contributed by atoms with E-state index >= 15 is 0 Å². The van der Waals surface area contributed by atoms with Crippen molar-refractivity contribution in [2.75, 3.05) is 13.1 Å². The van der Waals surface area contributed by atoms with Crippen LogP contribution in [0.4, 0.5) is 0 Å². The molecule has 1 aliphatic rings. The molecule has 16 heavy (non-hydrogen) atoms. The number of piperidine rings is 1. The molecular formula is C14H19NO. The first-order valence-corrected chi connectivity index (χ1v) is 6.06. The standard InChI is InChI=1S/C14H19NO/c1-11-4-6-13(7-5-11)14(16)9-12-3-2-8-15-10-12/h4-7,12,15H,2-3,8-10H2,1H3. The maximum atomic E-state index is 12.0. The first-order valence-electron chi connectivity index (χ1n) is 6.06. The van der Waals surface area contributed by atoms with Crippen LogP contribution in [0.25, 0.3) is 0 Å². The van der Waals surface area contributed by atoms with Gasteiger partial charge in [-0.05, 0) is 38.8 Å². The van der Waals surface area contributed by atoms with E-state index in [1.807, 2.05) is 31.2 Å². The molecule has 1 aromatic rings. The Kier molecular flexibility index (Phi) is 3.73. The Morgan fingerprint density at radius 3 is 2.75 bits per heavy atom. The van der Waals surface area contributed by atoms with Crippen molar-refractivity contribution in [3.8, 4) is 0 Å². The molecule has 0 aromatic heterocycles. The highest BCUT2D eigenvalue weighted by Gasteiger charge is 2.17. The van der Waals surface area contributed by atoms with Gasteiger partial charge in [0.05, 0.1) is 0 Å². The highest BCUT2D eigenvalue weighted by molar-refractivity contribution is 5.96. The van der Waals surface area contributed by atoms with Gasteiger partial charge in [-0.15, -0.1) is 0 Å². The second-order valence-electron chi connectivity index (χ2n) is 4.71. The van der Waals surface area contributed by atoms with Crippen LogP contribution in [0.5, 0.6) is 0 Å². The van der Waals surface area contributed by atoms with E-state index in [1.54, 1.807) is 0 Å². The summed E-state index contributed by atoms with van der Waals surface area (Å²) in [7, 11) is 0. The molecule has 1 saturated heterocycles. The minimum atomic E-state index is 0.286. The second kappa shape index (κ2) is 5.26. The molecule has 0 saturated carbocycles. The van der Waals surface area contributed by atoms with Gasteiger partial charge in [-0.2, -0.15) is 0 Å². The number of rotatable bonds is 3. The predicted molar refractivity (Wildman–Crippen MR) is 65.7 cm³/mol. The lowest BCUT2D eigenvalue weighted by Gasteiger charge is -2.21. The lowest BCUT2D eigenvalue weighted by Crippen LogP contribution is -2.31. The first kappa shape index (κ1) is 11.3. The Morgan fingerprint density at radius 2 is 2.12 bits per heavy atom.